The third kappa shape index (κ3) is 9.02. The van der Waals surface area contributed by atoms with Crippen LogP contribution in [0.5, 0.6) is 0 Å². The summed E-state index contributed by atoms with van der Waals surface area (Å²) in [7, 11) is 0. The Bertz CT molecular complexity index is 745. The minimum Gasteiger partial charge on any atom is -0.369 e. The summed E-state index contributed by atoms with van der Waals surface area (Å²) in [6.45, 7) is 16.4. The molecule has 0 radical (unpaired) electrons. The van der Waals surface area contributed by atoms with E-state index < -0.39 is 0 Å². The summed E-state index contributed by atoms with van der Waals surface area (Å²) in [5.41, 5.74) is 8.95. The number of rotatable bonds is 13. The van der Waals surface area contributed by atoms with Gasteiger partial charge in [-0.2, -0.15) is 0 Å². The zero-order valence-electron chi connectivity index (χ0n) is 21.5. The van der Waals surface area contributed by atoms with Gasteiger partial charge in [0.05, 0.1) is 0 Å². The molecule has 1 aliphatic heterocycles. The van der Waals surface area contributed by atoms with Crippen molar-refractivity contribution in [2.75, 3.05) is 44.2 Å². The maximum Gasteiger partial charge on any atom is 0.207 e. The smallest absolute Gasteiger partial charge is 0.207 e. The molecule has 0 bridgehead atoms. The Morgan fingerprint density at radius 3 is 2.64 bits per heavy atom. The van der Waals surface area contributed by atoms with E-state index in [4.69, 9.17) is 0 Å². The summed E-state index contributed by atoms with van der Waals surface area (Å²) < 4.78 is 0. The number of nitrogens with zero attached hydrogens (tertiary/aromatic N) is 2. The number of allylic oxidation sites excluding steroid dienone is 1. The number of unbranched alkanes of at least 4 members (excludes halogenated alkanes) is 1. The molecule has 3 rings (SSSR count). The highest BCUT2D eigenvalue weighted by molar-refractivity contribution is 5.58. The van der Waals surface area contributed by atoms with Crippen molar-refractivity contribution in [2.24, 2.45) is 5.92 Å². The van der Waals surface area contributed by atoms with Gasteiger partial charge >= 0.3 is 0 Å². The van der Waals surface area contributed by atoms with Crippen LogP contribution >= 0.6 is 0 Å². The van der Waals surface area contributed by atoms with E-state index in [1.807, 2.05) is 13.8 Å². The molecule has 1 N–H and O–H groups in total. The Kier molecular flexibility index (Phi) is 13.0. The number of carbonyl (C=O) groups is 1. The number of hydrogen-bond donors (Lipinski definition) is 1. The highest BCUT2D eigenvalue weighted by Crippen LogP contribution is 2.32. The molecule has 2 aliphatic rings. The van der Waals surface area contributed by atoms with Gasteiger partial charge in [0.2, 0.25) is 6.41 Å². The molecule has 1 aliphatic carbocycles. The number of fused-ring (bicyclic) bond motifs is 1. The first kappa shape index (κ1) is 27.2. The quantitative estimate of drug-likeness (QED) is 0.234. The fraction of sp³-hybridized carbons (Fsp3) is 0.655. The first-order valence-electron chi connectivity index (χ1n) is 13.3. The molecule has 1 fully saturated rings. The molecule has 1 saturated heterocycles. The zero-order chi connectivity index (χ0) is 23.9. The molecular weight excluding hydrogens is 406 g/mol. The van der Waals surface area contributed by atoms with E-state index in [1.165, 1.54) is 62.8 Å². The van der Waals surface area contributed by atoms with Crippen molar-refractivity contribution >= 4 is 12.1 Å². The summed E-state index contributed by atoms with van der Waals surface area (Å²) in [6.07, 6.45) is 11.8. The average Bonchev–Trinajstić information content (AvgIpc) is 3.35. The molecule has 1 aromatic rings. The second-order valence-electron chi connectivity index (χ2n) is 9.32. The first-order chi connectivity index (χ1) is 16.2. The fourth-order valence-corrected chi connectivity index (χ4v) is 5.16. The molecule has 1 heterocycles. The van der Waals surface area contributed by atoms with Crippen LogP contribution in [-0.4, -0.2) is 50.6 Å². The van der Waals surface area contributed by atoms with E-state index in [-0.39, 0.29) is 0 Å². The van der Waals surface area contributed by atoms with Gasteiger partial charge < -0.3 is 10.2 Å². The molecule has 1 aromatic carbocycles. The predicted molar refractivity (Wildman–Crippen MR) is 142 cm³/mol. The SMILES string of the molecule is C=C=C(C)CCCCC(CCNC=O)CCN1CCN(c2cccc3c2CCC3)CC1.CC. The minimum absolute atomic E-state index is 0.691. The maximum atomic E-state index is 10.6. The Balaban J connectivity index is 0.00000187. The van der Waals surface area contributed by atoms with Gasteiger partial charge in [-0.1, -0.05) is 45.4 Å². The summed E-state index contributed by atoms with van der Waals surface area (Å²) in [4.78, 5) is 15.9. The van der Waals surface area contributed by atoms with E-state index >= 15 is 0 Å². The van der Waals surface area contributed by atoms with Crippen molar-refractivity contribution in [3.8, 4) is 0 Å². The molecule has 1 amide bonds. The highest BCUT2D eigenvalue weighted by Gasteiger charge is 2.22. The lowest BCUT2D eigenvalue weighted by molar-refractivity contribution is -0.109. The normalized spacial score (nSPS) is 16.3. The van der Waals surface area contributed by atoms with E-state index in [1.54, 1.807) is 11.1 Å². The Morgan fingerprint density at radius 2 is 1.91 bits per heavy atom. The number of anilines is 1. The van der Waals surface area contributed by atoms with Crippen molar-refractivity contribution in [3.05, 3.63) is 47.2 Å². The number of nitrogens with one attached hydrogen (secondary N) is 1. The van der Waals surface area contributed by atoms with Crippen LogP contribution in [0.2, 0.25) is 0 Å². The van der Waals surface area contributed by atoms with Gasteiger partial charge in [-0.3, -0.25) is 9.69 Å². The molecule has 0 saturated carbocycles. The molecule has 4 heteroatoms. The first-order valence-corrected chi connectivity index (χ1v) is 13.3. The van der Waals surface area contributed by atoms with Crippen LogP contribution in [0.1, 0.15) is 76.8 Å². The lowest BCUT2D eigenvalue weighted by atomic mass is 9.93. The number of carbonyl (C=O) groups excluding carboxylic acids is 1. The molecular formula is C29H47N3O. The molecule has 4 nitrogen and oxygen atoms in total. The van der Waals surface area contributed by atoms with Crippen LogP contribution in [-0.2, 0) is 17.6 Å². The van der Waals surface area contributed by atoms with Crippen LogP contribution < -0.4 is 10.2 Å². The second kappa shape index (κ2) is 15.7. The van der Waals surface area contributed by atoms with Crippen LogP contribution in [0, 0.1) is 5.92 Å². The van der Waals surface area contributed by atoms with Gasteiger partial charge in [0.1, 0.15) is 0 Å². The van der Waals surface area contributed by atoms with E-state index in [2.05, 4.69) is 52.5 Å². The number of aryl methyl sites for hydroxylation is 1. The average molecular weight is 454 g/mol. The predicted octanol–water partition coefficient (Wildman–Crippen LogP) is 5.76. The van der Waals surface area contributed by atoms with Gasteiger partial charge in [0, 0.05) is 38.4 Å². The van der Waals surface area contributed by atoms with Crippen molar-refractivity contribution in [3.63, 3.8) is 0 Å². The van der Waals surface area contributed by atoms with Gasteiger partial charge in [-0.25, -0.2) is 0 Å². The zero-order valence-corrected chi connectivity index (χ0v) is 21.5. The molecule has 33 heavy (non-hydrogen) atoms. The summed E-state index contributed by atoms with van der Waals surface area (Å²) in [5.74, 6) is 0.691. The molecule has 0 spiro atoms. The largest absolute Gasteiger partial charge is 0.369 e. The van der Waals surface area contributed by atoms with Crippen molar-refractivity contribution in [2.45, 2.75) is 78.6 Å². The monoisotopic (exact) mass is 453 g/mol. The summed E-state index contributed by atoms with van der Waals surface area (Å²) in [6, 6.07) is 6.89. The fourth-order valence-electron chi connectivity index (χ4n) is 5.16. The highest BCUT2D eigenvalue weighted by atomic mass is 16.1. The lowest BCUT2D eigenvalue weighted by Gasteiger charge is -2.37. The van der Waals surface area contributed by atoms with E-state index in [9.17, 15) is 4.79 Å². The maximum absolute atomic E-state index is 10.6. The van der Waals surface area contributed by atoms with Gasteiger partial charge in [-0.15, -0.1) is 5.73 Å². The van der Waals surface area contributed by atoms with Crippen LogP contribution in [0.15, 0.2) is 36.1 Å². The molecule has 1 atom stereocenters. The van der Waals surface area contributed by atoms with E-state index in [0.29, 0.717) is 5.92 Å². The number of hydrogen-bond acceptors (Lipinski definition) is 3. The van der Waals surface area contributed by atoms with Crippen LogP contribution in [0.4, 0.5) is 5.69 Å². The van der Waals surface area contributed by atoms with Crippen molar-refractivity contribution in [1.82, 2.24) is 10.2 Å². The standard InChI is InChI=1S/C27H41N3O.C2H6/c1-3-23(2)8-4-5-9-24(14-16-28-22-31)15-17-29-18-20-30(21-19-29)27-13-7-11-25-10-6-12-26(25)27;1-2/h7,11,13,22,24H,1,4-6,8-10,12,14-21H2,2H3,(H,28,31);1-2H3. The number of piperazine rings is 1. The Hall–Kier alpha value is -2.03. The Morgan fingerprint density at radius 1 is 1.12 bits per heavy atom. The molecule has 0 aromatic heterocycles. The van der Waals surface area contributed by atoms with Gasteiger partial charge in [0.25, 0.3) is 0 Å². The van der Waals surface area contributed by atoms with E-state index in [0.717, 1.165) is 52.0 Å². The minimum atomic E-state index is 0.691. The second-order valence-corrected chi connectivity index (χ2v) is 9.32. The molecule has 1 unspecified atom stereocenters. The number of benzene rings is 1. The van der Waals surface area contributed by atoms with Crippen molar-refractivity contribution in [1.29, 1.82) is 0 Å². The van der Waals surface area contributed by atoms with Crippen LogP contribution in [0.25, 0.3) is 0 Å². The molecule has 184 valence electrons. The lowest BCUT2D eigenvalue weighted by Crippen LogP contribution is -2.47. The van der Waals surface area contributed by atoms with Crippen molar-refractivity contribution < 1.29 is 4.79 Å². The van der Waals surface area contributed by atoms with Gasteiger partial charge in [0.15, 0.2) is 0 Å². The Labute approximate surface area is 203 Å². The third-order valence-electron chi connectivity index (χ3n) is 7.18. The number of amides is 1. The summed E-state index contributed by atoms with van der Waals surface area (Å²) in [5, 5.41) is 2.86. The van der Waals surface area contributed by atoms with Crippen LogP contribution in [0.3, 0.4) is 0 Å². The third-order valence-corrected chi connectivity index (χ3v) is 7.18. The summed E-state index contributed by atoms with van der Waals surface area (Å²) >= 11 is 0. The van der Waals surface area contributed by atoms with Gasteiger partial charge in [-0.05, 0) is 87.1 Å². The topological polar surface area (TPSA) is 35.6 Å².